The normalized spacial score (nSPS) is 12.9. The number of rotatable bonds is 20. The molecule has 0 aliphatic carbocycles. The van der Waals surface area contributed by atoms with Gasteiger partial charge in [0.25, 0.3) is 5.91 Å². The Morgan fingerprint density at radius 3 is 2.27 bits per heavy atom. The first-order valence-corrected chi connectivity index (χ1v) is 16.4. The molecule has 2 aromatic carbocycles. The fourth-order valence-corrected chi connectivity index (χ4v) is 5.69. The molecular weight excluding hydrogens is 540 g/mol. The van der Waals surface area contributed by atoms with Crippen LogP contribution in [0.15, 0.2) is 53.6 Å². The summed E-state index contributed by atoms with van der Waals surface area (Å²) in [4.78, 5) is 16.2. The van der Waals surface area contributed by atoms with Crippen LogP contribution in [0, 0.1) is 0 Å². The molecule has 0 fully saturated rings. The van der Waals surface area contributed by atoms with Crippen molar-refractivity contribution in [1.82, 2.24) is 4.90 Å². The SMILES string of the molecule is CCCCCCCCCCCCCCOc1cc(Cl)ccc1OCC(=O)Nc1cccc(CN2C=C(C)SC2)c1. The molecule has 0 aromatic heterocycles. The number of carbonyl (C=O) groups is 1. The molecule has 0 bridgehead atoms. The Balaban J connectivity index is 1.32. The van der Waals surface area contributed by atoms with Crippen LogP contribution in [0.3, 0.4) is 0 Å². The highest BCUT2D eigenvalue weighted by molar-refractivity contribution is 8.03. The van der Waals surface area contributed by atoms with Crippen molar-refractivity contribution in [3.63, 3.8) is 0 Å². The van der Waals surface area contributed by atoms with Crippen molar-refractivity contribution >= 4 is 35.0 Å². The zero-order chi connectivity index (χ0) is 28.4. The highest BCUT2D eigenvalue weighted by Crippen LogP contribution is 2.31. The number of hydrogen-bond donors (Lipinski definition) is 1. The van der Waals surface area contributed by atoms with Gasteiger partial charge in [0.05, 0.1) is 12.5 Å². The van der Waals surface area contributed by atoms with Crippen molar-refractivity contribution < 1.29 is 14.3 Å². The lowest BCUT2D eigenvalue weighted by Gasteiger charge is -2.16. The van der Waals surface area contributed by atoms with Gasteiger partial charge < -0.3 is 19.7 Å². The molecule has 3 rings (SSSR count). The van der Waals surface area contributed by atoms with E-state index < -0.39 is 0 Å². The van der Waals surface area contributed by atoms with Crippen molar-refractivity contribution in [3.05, 3.63) is 64.2 Å². The number of thioether (sulfide) groups is 1. The fourth-order valence-electron chi connectivity index (χ4n) is 4.77. The highest BCUT2D eigenvalue weighted by atomic mass is 35.5. The van der Waals surface area contributed by atoms with Crippen LogP contribution in [-0.4, -0.2) is 29.9 Å². The summed E-state index contributed by atoms with van der Waals surface area (Å²) in [5.74, 6) is 1.85. The molecule has 1 N–H and O–H groups in total. The summed E-state index contributed by atoms with van der Waals surface area (Å²) < 4.78 is 11.8. The Kier molecular flexibility index (Phi) is 15.2. The van der Waals surface area contributed by atoms with Gasteiger partial charge in [0, 0.05) is 29.5 Å². The molecule has 40 heavy (non-hydrogen) atoms. The number of amides is 1. The number of carbonyl (C=O) groups excluding carboxylic acids is 1. The van der Waals surface area contributed by atoms with E-state index >= 15 is 0 Å². The second kappa shape index (κ2) is 18.9. The van der Waals surface area contributed by atoms with Gasteiger partial charge in [0.2, 0.25) is 0 Å². The van der Waals surface area contributed by atoms with Crippen LogP contribution in [0.1, 0.15) is 96.5 Å². The number of halogens is 1. The molecule has 0 saturated heterocycles. The van der Waals surface area contributed by atoms with E-state index in [1.54, 1.807) is 18.2 Å². The fraction of sp³-hybridized carbons (Fsp3) is 0.545. The average molecular weight is 587 g/mol. The van der Waals surface area contributed by atoms with Crippen LogP contribution in [0.2, 0.25) is 5.02 Å². The standard InChI is InChI=1S/C33H47ClN2O3S/c1-3-4-5-6-7-8-9-10-11-12-13-14-20-38-32-22-29(34)18-19-31(32)39-25-33(37)35-30-17-15-16-28(21-30)24-36-23-27(2)40-26-36/h15-19,21-23H,3-14,20,24-26H2,1-2H3,(H,35,37). The number of anilines is 1. The van der Waals surface area contributed by atoms with Gasteiger partial charge >= 0.3 is 0 Å². The van der Waals surface area contributed by atoms with Crippen LogP contribution in [0.25, 0.3) is 0 Å². The number of benzene rings is 2. The van der Waals surface area contributed by atoms with Crippen molar-refractivity contribution in [2.45, 2.75) is 97.4 Å². The molecule has 2 aromatic rings. The minimum absolute atomic E-state index is 0.106. The molecule has 0 atom stereocenters. The molecule has 5 nitrogen and oxygen atoms in total. The summed E-state index contributed by atoms with van der Waals surface area (Å²) in [6.07, 6.45) is 17.8. The Morgan fingerprint density at radius 1 is 0.900 bits per heavy atom. The zero-order valence-electron chi connectivity index (χ0n) is 24.4. The molecule has 1 amide bonds. The number of hydrogen-bond acceptors (Lipinski definition) is 5. The first kappa shape index (κ1) is 32.2. The molecule has 0 radical (unpaired) electrons. The molecule has 220 valence electrons. The molecular formula is C33H47ClN2O3S. The number of allylic oxidation sites excluding steroid dienone is 1. The summed E-state index contributed by atoms with van der Waals surface area (Å²) in [5.41, 5.74) is 1.91. The van der Waals surface area contributed by atoms with Crippen LogP contribution in [-0.2, 0) is 11.3 Å². The van der Waals surface area contributed by atoms with E-state index in [-0.39, 0.29) is 12.5 Å². The number of nitrogens with one attached hydrogen (secondary N) is 1. The maximum atomic E-state index is 12.6. The van der Waals surface area contributed by atoms with Gasteiger partial charge in [-0.25, -0.2) is 0 Å². The second-order valence-corrected chi connectivity index (χ2v) is 12.3. The second-order valence-electron chi connectivity index (χ2n) is 10.6. The van der Waals surface area contributed by atoms with Crippen molar-refractivity contribution in [2.75, 3.05) is 24.4 Å². The minimum atomic E-state index is -0.216. The molecule has 7 heteroatoms. The van der Waals surface area contributed by atoms with Gasteiger partial charge in [-0.2, -0.15) is 0 Å². The summed E-state index contributed by atoms with van der Waals surface area (Å²) in [6.45, 7) is 5.71. The third-order valence-corrected chi connectivity index (χ3v) is 8.20. The molecule has 1 aliphatic heterocycles. The largest absolute Gasteiger partial charge is 0.490 e. The number of nitrogens with zero attached hydrogens (tertiary/aromatic N) is 1. The topological polar surface area (TPSA) is 50.8 Å². The number of unbranched alkanes of at least 4 members (excludes halogenated alkanes) is 11. The highest BCUT2D eigenvalue weighted by Gasteiger charge is 2.12. The van der Waals surface area contributed by atoms with Crippen molar-refractivity contribution in [3.8, 4) is 11.5 Å². The Morgan fingerprint density at radius 2 is 1.60 bits per heavy atom. The summed E-state index contributed by atoms with van der Waals surface area (Å²) in [6, 6.07) is 13.2. The monoisotopic (exact) mass is 586 g/mol. The van der Waals surface area contributed by atoms with E-state index in [4.69, 9.17) is 21.1 Å². The van der Waals surface area contributed by atoms with Crippen molar-refractivity contribution in [1.29, 1.82) is 0 Å². The summed E-state index contributed by atoms with van der Waals surface area (Å²) in [5, 5.41) is 3.53. The molecule has 0 saturated carbocycles. The van der Waals surface area contributed by atoms with Gasteiger partial charge in [0.15, 0.2) is 18.1 Å². The van der Waals surface area contributed by atoms with E-state index in [1.165, 1.54) is 69.1 Å². The Bertz CT molecular complexity index is 1060. The maximum Gasteiger partial charge on any atom is 0.262 e. The molecule has 1 heterocycles. The lowest BCUT2D eigenvalue weighted by molar-refractivity contribution is -0.118. The van der Waals surface area contributed by atoms with E-state index in [0.29, 0.717) is 23.1 Å². The summed E-state index contributed by atoms with van der Waals surface area (Å²) >= 11 is 8.05. The summed E-state index contributed by atoms with van der Waals surface area (Å²) in [7, 11) is 0. The van der Waals surface area contributed by atoms with Gasteiger partial charge in [-0.05, 0) is 48.1 Å². The zero-order valence-corrected chi connectivity index (χ0v) is 26.0. The maximum absolute atomic E-state index is 12.6. The third-order valence-electron chi connectivity index (χ3n) is 6.94. The van der Waals surface area contributed by atoms with Crippen molar-refractivity contribution in [2.24, 2.45) is 0 Å². The van der Waals surface area contributed by atoms with Gasteiger partial charge in [-0.3, -0.25) is 4.79 Å². The van der Waals surface area contributed by atoms with E-state index in [1.807, 2.05) is 30.0 Å². The average Bonchev–Trinajstić information content (AvgIpc) is 3.35. The van der Waals surface area contributed by atoms with E-state index in [9.17, 15) is 4.79 Å². The Hall–Kier alpha value is -2.31. The first-order chi connectivity index (χ1) is 19.5. The smallest absolute Gasteiger partial charge is 0.262 e. The van der Waals surface area contributed by atoms with Crippen LogP contribution < -0.4 is 14.8 Å². The third kappa shape index (κ3) is 12.9. The predicted octanol–water partition coefficient (Wildman–Crippen LogP) is 9.80. The van der Waals surface area contributed by atoms with Crippen LogP contribution in [0.5, 0.6) is 11.5 Å². The number of ether oxygens (including phenoxy) is 2. The Labute approximate surface area is 251 Å². The van der Waals surface area contributed by atoms with Gasteiger partial charge in [0.1, 0.15) is 0 Å². The molecule has 1 aliphatic rings. The van der Waals surface area contributed by atoms with Crippen LogP contribution >= 0.6 is 23.4 Å². The predicted molar refractivity (Wildman–Crippen MR) is 170 cm³/mol. The van der Waals surface area contributed by atoms with Gasteiger partial charge in [-0.1, -0.05) is 101 Å². The lowest BCUT2D eigenvalue weighted by Crippen LogP contribution is -2.20. The van der Waals surface area contributed by atoms with E-state index in [0.717, 1.165) is 36.5 Å². The van der Waals surface area contributed by atoms with Gasteiger partial charge in [-0.15, -0.1) is 11.8 Å². The molecule has 0 spiro atoms. The van der Waals surface area contributed by atoms with E-state index in [2.05, 4.69) is 36.3 Å². The van der Waals surface area contributed by atoms with Crippen LogP contribution in [0.4, 0.5) is 5.69 Å². The first-order valence-electron chi connectivity index (χ1n) is 15.0. The molecule has 0 unspecified atom stereocenters. The lowest BCUT2D eigenvalue weighted by atomic mass is 10.1. The minimum Gasteiger partial charge on any atom is -0.490 e. The quantitative estimate of drug-likeness (QED) is 0.156.